The van der Waals surface area contributed by atoms with Gasteiger partial charge in [0.05, 0.1) is 11.0 Å². The van der Waals surface area contributed by atoms with Crippen LogP contribution >= 0.6 is 11.6 Å². The molecule has 0 aromatic heterocycles. The van der Waals surface area contributed by atoms with Crippen molar-refractivity contribution < 1.29 is 13.5 Å². The van der Waals surface area contributed by atoms with E-state index in [0.717, 1.165) is 0 Å². The van der Waals surface area contributed by atoms with Crippen molar-refractivity contribution in [1.82, 2.24) is 4.72 Å². The number of hydrogen-bond acceptors (Lipinski definition) is 3. The summed E-state index contributed by atoms with van der Waals surface area (Å²) in [4.78, 5) is 0.118. The maximum absolute atomic E-state index is 12.3. The molecule has 0 bridgehead atoms. The van der Waals surface area contributed by atoms with Gasteiger partial charge in [-0.05, 0) is 36.2 Å². The second-order valence-electron chi connectivity index (χ2n) is 4.66. The molecule has 0 aliphatic carbocycles. The maximum Gasteiger partial charge on any atom is 0.240 e. The monoisotopic (exact) mass is 325 g/mol. The molecule has 0 heterocycles. The summed E-state index contributed by atoms with van der Waals surface area (Å²) in [5.74, 6) is 0. The Morgan fingerprint density at radius 3 is 2.57 bits per heavy atom. The number of benzene rings is 2. The molecule has 0 saturated carbocycles. The van der Waals surface area contributed by atoms with E-state index in [2.05, 4.69) is 4.72 Å². The molecule has 1 atom stereocenters. The van der Waals surface area contributed by atoms with E-state index in [1.165, 1.54) is 12.1 Å². The first-order chi connectivity index (χ1) is 9.90. The van der Waals surface area contributed by atoms with Crippen LogP contribution in [-0.4, -0.2) is 13.5 Å². The van der Waals surface area contributed by atoms with E-state index < -0.39 is 16.1 Å². The van der Waals surface area contributed by atoms with E-state index in [1.54, 1.807) is 43.3 Å². The van der Waals surface area contributed by atoms with Crippen molar-refractivity contribution >= 4 is 21.6 Å². The van der Waals surface area contributed by atoms with Crippen molar-refractivity contribution in [1.29, 1.82) is 0 Å². The highest BCUT2D eigenvalue weighted by Crippen LogP contribution is 2.19. The van der Waals surface area contributed by atoms with E-state index in [0.29, 0.717) is 16.1 Å². The maximum atomic E-state index is 12.3. The highest BCUT2D eigenvalue weighted by atomic mass is 35.5. The third kappa shape index (κ3) is 4.04. The summed E-state index contributed by atoms with van der Waals surface area (Å²) >= 11 is 6.00. The number of nitrogens with one attached hydrogen (secondary N) is 1. The van der Waals surface area contributed by atoms with E-state index in [-0.39, 0.29) is 11.4 Å². The molecule has 0 aliphatic rings. The molecule has 1 unspecified atom stereocenters. The Balaban J connectivity index is 2.19. The van der Waals surface area contributed by atoms with Crippen LogP contribution in [0.5, 0.6) is 0 Å². The van der Waals surface area contributed by atoms with Crippen LogP contribution in [0.2, 0.25) is 5.02 Å². The quantitative estimate of drug-likeness (QED) is 0.888. The van der Waals surface area contributed by atoms with Crippen molar-refractivity contribution in [3.05, 3.63) is 64.7 Å². The first-order valence-electron chi connectivity index (χ1n) is 6.41. The van der Waals surface area contributed by atoms with Gasteiger partial charge >= 0.3 is 0 Å². The topological polar surface area (TPSA) is 66.4 Å². The van der Waals surface area contributed by atoms with Crippen LogP contribution in [0.25, 0.3) is 0 Å². The Morgan fingerprint density at radius 2 is 1.90 bits per heavy atom. The summed E-state index contributed by atoms with van der Waals surface area (Å²) in [6.07, 6.45) is -0.719. The van der Waals surface area contributed by atoms with E-state index in [4.69, 9.17) is 11.6 Å². The summed E-state index contributed by atoms with van der Waals surface area (Å²) in [5, 5.41) is 10.0. The van der Waals surface area contributed by atoms with Crippen LogP contribution < -0.4 is 4.72 Å². The van der Waals surface area contributed by atoms with Gasteiger partial charge in [-0.3, -0.25) is 0 Å². The minimum absolute atomic E-state index is 0.112. The van der Waals surface area contributed by atoms with Crippen LogP contribution in [0, 0.1) is 0 Å². The summed E-state index contributed by atoms with van der Waals surface area (Å²) in [5.41, 5.74) is 1.25. The predicted molar refractivity (Wildman–Crippen MR) is 82.6 cm³/mol. The van der Waals surface area contributed by atoms with E-state index >= 15 is 0 Å². The lowest BCUT2D eigenvalue weighted by Gasteiger charge is -2.10. The fourth-order valence-corrected chi connectivity index (χ4v) is 3.10. The Bertz CT molecular complexity index is 729. The molecule has 0 fully saturated rings. The number of halogens is 1. The molecule has 0 saturated heterocycles. The standard InChI is InChI=1S/C15H16ClNO3S/c1-11(18)12-6-4-7-14(9-12)21(19,20)17-10-13-5-2-3-8-15(13)16/h2-9,11,17-18H,10H2,1H3. The second-order valence-corrected chi connectivity index (χ2v) is 6.84. The molecule has 21 heavy (non-hydrogen) atoms. The zero-order valence-corrected chi connectivity index (χ0v) is 13.0. The second kappa shape index (κ2) is 6.58. The molecule has 0 aliphatic heterocycles. The first-order valence-corrected chi connectivity index (χ1v) is 8.27. The average Bonchev–Trinajstić information content (AvgIpc) is 2.46. The minimum atomic E-state index is -3.65. The van der Waals surface area contributed by atoms with Gasteiger partial charge in [0.1, 0.15) is 0 Å². The van der Waals surface area contributed by atoms with Crippen LogP contribution in [-0.2, 0) is 16.6 Å². The normalized spacial score (nSPS) is 13.1. The lowest BCUT2D eigenvalue weighted by Crippen LogP contribution is -2.23. The van der Waals surface area contributed by atoms with Gasteiger partial charge in [0.15, 0.2) is 0 Å². The molecule has 0 amide bonds. The van der Waals surface area contributed by atoms with Crippen molar-refractivity contribution in [2.24, 2.45) is 0 Å². The highest BCUT2D eigenvalue weighted by Gasteiger charge is 2.15. The minimum Gasteiger partial charge on any atom is -0.389 e. The molecule has 0 spiro atoms. The summed E-state index contributed by atoms with van der Waals surface area (Å²) in [6, 6.07) is 13.3. The predicted octanol–water partition coefficient (Wildman–Crippen LogP) is 2.87. The smallest absolute Gasteiger partial charge is 0.240 e. The fraction of sp³-hybridized carbons (Fsp3) is 0.200. The Hall–Kier alpha value is -1.40. The largest absolute Gasteiger partial charge is 0.389 e. The van der Waals surface area contributed by atoms with Gasteiger partial charge in [-0.15, -0.1) is 0 Å². The molecule has 112 valence electrons. The molecule has 6 heteroatoms. The van der Waals surface area contributed by atoms with Crippen molar-refractivity contribution in [2.45, 2.75) is 24.5 Å². The molecular weight excluding hydrogens is 310 g/mol. The lowest BCUT2D eigenvalue weighted by atomic mass is 10.1. The molecule has 2 aromatic rings. The zero-order valence-electron chi connectivity index (χ0n) is 11.5. The summed E-state index contributed by atoms with van der Waals surface area (Å²) in [7, 11) is -3.65. The first kappa shape index (κ1) is 16.0. The number of hydrogen-bond donors (Lipinski definition) is 2. The van der Waals surface area contributed by atoms with E-state index in [1.807, 2.05) is 0 Å². The molecule has 2 aromatic carbocycles. The zero-order chi connectivity index (χ0) is 15.5. The third-order valence-corrected chi connectivity index (χ3v) is 4.83. The molecule has 4 nitrogen and oxygen atoms in total. The summed E-state index contributed by atoms with van der Waals surface area (Å²) < 4.78 is 27.0. The van der Waals surface area contributed by atoms with Crippen LogP contribution in [0.15, 0.2) is 53.4 Å². The van der Waals surface area contributed by atoms with Gasteiger partial charge in [0, 0.05) is 11.6 Å². The number of aliphatic hydroxyl groups is 1. The van der Waals surface area contributed by atoms with Crippen molar-refractivity contribution in [2.75, 3.05) is 0 Å². The number of rotatable bonds is 5. The number of sulfonamides is 1. The number of aliphatic hydroxyl groups excluding tert-OH is 1. The van der Waals surface area contributed by atoms with Crippen LogP contribution in [0.4, 0.5) is 0 Å². The molecule has 0 radical (unpaired) electrons. The fourth-order valence-electron chi connectivity index (χ4n) is 1.84. The van der Waals surface area contributed by atoms with Crippen LogP contribution in [0.3, 0.4) is 0 Å². The van der Waals surface area contributed by atoms with Gasteiger partial charge in [-0.2, -0.15) is 0 Å². The molecular formula is C15H16ClNO3S. The van der Waals surface area contributed by atoms with Crippen molar-refractivity contribution in [3.8, 4) is 0 Å². The Morgan fingerprint density at radius 1 is 1.19 bits per heavy atom. The SMILES string of the molecule is CC(O)c1cccc(S(=O)(=O)NCc2ccccc2Cl)c1. The molecule has 2 rings (SSSR count). The van der Waals surface area contributed by atoms with E-state index in [9.17, 15) is 13.5 Å². The Labute approximate surface area is 129 Å². The van der Waals surface area contributed by atoms with Gasteiger partial charge < -0.3 is 5.11 Å². The van der Waals surface area contributed by atoms with Gasteiger partial charge in [-0.25, -0.2) is 13.1 Å². The molecule has 2 N–H and O–H groups in total. The van der Waals surface area contributed by atoms with Crippen LogP contribution in [0.1, 0.15) is 24.2 Å². The summed E-state index contributed by atoms with van der Waals surface area (Å²) in [6.45, 7) is 1.70. The van der Waals surface area contributed by atoms with Gasteiger partial charge in [0.25, 0.3) is 0 Å². The highest BCUT2D eigenvalue weighted by molar-refractivity contribution is 7.89. The lowest BCUT2D eigenvalue weighted by molar-refractivity contribution is 0.199. The average molecular weight is 326 g/mol. The van der Waals surface area contributed by atoms with Crippen molar-refractivity contribution in [3.63, 3.8) is 0 Å². The Kier molecular flexibility index (Phi) is 5.00. The third-order valence-electron chi connectivity index (χ3n) is 3.06. The van der Waals surface area contributed by atoms with Gasteiger partial charge in [-0.1, -0.05) is 41.9 Å². The van der Waals surface area contributed by atoms with Gasteiger partial charge in [0.2, 0.25) is 10.0 Å².